The third-order valence-electron chi connectivity index (χ3n) is 2.59. The first-order valence-corrected chi connectivity index (χ1v) is 6.73. The minimum absolute atomic E-state index is 0.0812. The van der Waals surface area contributed by atoms with E-state index in [0.717, 1.165) is 0 Å². The van der Waals surface area contributed by atoms with E-state index in [1.807, 2.05) is 13.8 Å². The molecule has 0 radical (unpaired) electrons. The van der Waals surface area contributed by atoms with Gasteiger partial charge < -0.3 is 15.8 Å². The van der Waals surface area contributed by atoms with Gasteiger partial charge in [0, 0.05) is 12.2 Å². The van der Waals surface area contributed by atoms with Crippen molar-refractivity contribution in [2.24, 2.45) is 5.92 Å². The molecule has 6 heteroatoms. The molecule has 3 N–H and O–H groups in total. The summed E-state index contributed by atoms with van der Waals surface area (Å²) in [6, 6.07) is 4.72. The molecule has 0 aliphatic rings. The first kappa shape index (κ1) is 16.3. The molecular weight excluding hydrogens is 280 g/mol. The van der Waals surface area contributed by atoms with E-state index in [9.17, 15) is 9.59 Å². The number of carbonyl (C=O) groups excluding carboxylic acids is 2. The highest BCUT2D eigenvalue weighted by molar-refractivity contribution is 6.34. The first-order chi connectivity index (χ1) is 9.32. The molecule has 1 aromatic carbocycles. The van der Waals surface area contributed by atoms with Gasteiger partial charge in [0.25, 0.3) is 5.91 Å². The molecule has 1 atom stereocenters. The van der Waals surface area contributed by atoms with Crippen molar-refractivity contribution in [1.29, 1.82) is 0 Å². The number of ether oxygens (including phenoxy) is 1. The Kier molecular flexibility index (Phi) is 5.82. The Morgan fingerprint density at radius 2 is 2.00 bits per heavy atom. The lowest BCUT2D eigenvalue weighted by Gasteiger charge is -2.15. The summed E-state index contributed by atoms with van der Waals surface area (Å²) in [6.07, 6.45) is -0.906. The molecule has 110 valence electrons. The van der Waals surface area contributed by atoms with Crippen molar-refractivity contribution in [2.75, 3.05) is 12.3 Å². The molecule has 0 aromatic heterocycles. The summed E-state index contributed by atoms with van der Waals surface area (Å²) in [5.41, 5.74) is 5.99. The quantitative estimate of drug-likeness (QED) is 0.645. The van der Waals surface area contributed by atoms with Crippen molar-refractivity contribution in [3.05, 3.63) is 28.8 Å². The number of nitrogens with one attached hydrogen (secondary N) is 1. The van der Waals surface area contributed by atoms with Crippen LogP contribution < -0.4 is 11.1 Å². The number of esters is 1. The molecule has 0 spiro atoms. The van der Waals surface area contributed by atoms with Gasteiger partial charge in [-0.3, -0.25) is 4.79 Å². The molecule has 0 bridgehead atoms. The number of halogens is 1. The molecule has 0 aliphatic heterocycles. The zero-order chi connectivity index (χ0) is 15.3. The number of amides is 1. The van der Waals surface area contributed by atoms with E-state index in [1.165, 1.54) is 13.0 Å². The van der Waals surface area contributed by atoms with E-state index < -0.39 is 12.1 Å². The Labute approximate surface area is 123 Å². The highest BCUT2D eigenvalue weighted by atomic mass is 35.5. The van der Waals surface area contributed by atoms with Gasteiger partial charge in [0.15, 0.2) is 6.10 Å². The van der Waals surface area contributed by atoms with Crippen LogP contribution in [0.2, 0.25) is 5.02 Å². The Morgan fingerprint density at radius 3 is 2.55 bits per heavy atom. The van der Waals surface area contributed by atoms with Crippen molar-refractivity contribution in [3.63, 3.8) is 0 Å². The van der Waals surface area contributed by atoms with E-state index in [4.69, 9.17) is 22.1 Å². The number of nitrogen functional groups attached to an aromatic ring is 1. The number of benzene rings is 1. The summed E-state index contributed by atoms with van der Waals surface area (Å²) in [5, 5.41) is 2.89. The summed E-state index contributed by atoms with van der Waals surface area (Å²) in [5.74, 6) is -0.737. The Morgan fingerprint density at radius 1 is 1.35 bits per heavy atom. The molecule has 5 nitrogen and oxygen atoms in total. The fourth-order valence-corrected chi connectivity index (χ4v) is 1.74. The van der Waals surface area contributed by atoms with Gasteiger partial charge in [-0.25, -0.2) is 4.79 Å². The van der Waals surface area contributed by atoms with Gasteiger partial charge in [0.05, 0.1) is 5.02 Å². The number of anilines is 1. The predicted octanol–water partition coefficient (Wildman–Crippen LogP) is 2.24. The zero-order valence-corrected chi connectivity index (χ0v) is 12.5. The summed E-state index contributed by atoms with van der Waals surface area (Å²) in [7, 11) is 0. The van der Waals surface area contributed by atoms with Crippen molar-refractivity contribution in [1.82, 2.24) is 5.32 Å². The highest BCUT2D eigenvalue weighted by Crippen LogP contribution is 2.23. The fourth-order valence-electron chi connectivity index (χ4n) is 1.48. The van der Waals surface area contributed by atoms with Crippen molar-refractivity contribution < 1.29 is 14.3 Å². The van der Waals surface area contributed by atoms with Gasteiger partial charge in [-0.2, -0.15) is 0 Å². The maximum Gasteiger partial charge on any atom is 0.342 e. The molecular formula is C14H19ClN2O3. The SMILES string of the molecule is CC(C)CNC(=O)C(C)OC(=O)c1c(N)cccc1Cl. The number of rotatable bonds is 5. The van der Waals surface area contributed by atoms with Crippen LogP contribution in [0.1, 0.15) is 31.1 Å². The van der Waals surface area contributed by atoms with Crippen LogP contribution in [0.5, 0.6) is 0 Å². The van der Waals surface area contributed by atoms with Crippen molar-refractivity contribution in [2.45, 2.75) is 26.9 Å². The standard InChI is InChI=1S/C14H19ClN2O3/c1-8(2)7-17-13(18)9(3)20-14(19)12-10(15)5-4-6-11(12)16/h4-6,8-9H,7,16H2,1-3H3,(H,17,18). The number of hydrogen-bond donors (Lipinski definition) is 2. The second-order valence-electron chi connectivity index (χ2n) is 4.89. The van der Waals surface area contributed by atoms with Crippen LogP contribution in [0.15, 0.2) is 18.2 Å². The monoisotopic (exact) mass is 298 g/mol. The minimum atomic E-state index is -0.906. The van der Waals surface area contributed by atoms with Gasteiger partial charge in [0.1, 0.15) is 5.56 Å². The van der Waals surface area contributed by atoms with Crippen molar-refractivity contribution in [3.8, 4) is 0 Å². The molecule has 1 rings (SSSR count). The Bertz CT molecular complexity index is 483. The molecule has 0 heterocycles. The summed E-state index contributed by atoms with van der Waals surface area (Å²) >= 11 is 5.91. The molecule has 1 unspecified atom stereocenters. The maximum atomic E-state index is 12.0. The number of carbonyl (C=O) groups is 2. The maximum absolute atomic E-state index is 12.0. The lowest BCUT2D eigenvalue weighted by atomic mass is 10.2. The van der Waals surface area contributed by atoms with Gasteiger partial charge in [-0.1, -0.05) is 31.5 Å². The molecule has 0 fully saturated rings. The summed E-state index contributed by atoms with van der Waals surface area (Å²) < 4.78 is 5.08. The average molecular weight is 299 g/mol. The van der Waals surface area contributed by atoms with Crippen LogP contribution in [0.25, 0.3) is 0 Å². The third-order valence-corrected chi connectivity index (χ3v) is 2.90. The third kappa shape index (κ3) is 4.42. The minimum Gasteiger partial charge on any atom is -0.449 e. The van der Waals surface area contributed by atoms with Crippen LogP contribution in [0, 0.1) is 5.92 Å². The molecule has 0 saturated heterocycles. The van der Waals surface area contributed by atoms with E-state index in [0.29, 0.717) is 12.5 Å². The van der Waals surface area contributed by atoms with Gasteiger partial charge >= 0.3 is 5.97 Å². The van der Waals surface area contributed by atoms with Gasteiger partial charge in [0.2, 0.25) is 0 Å². The van der Waals surface area contributed by atoms with Gasteiger partial charge in [-0.05, 0) is 25.0 Å². The van der Waals surface area contributed by atoms with E-state index in [-0.39, 0.29) is 22.2 Å². The number of hydrogen-bond acceptors (Lipinski definition) is 4. The topological polar surface area (TPSA) is 81.4 Å². The normalized spacial score (nSPS) is 12.1. The summed E-state index contributed by atoms with van der Waals surface area (Å²) in [6.45, 7) is 5.97. The van der Waals surface area contributed by atoms with Crippen LogP contribution in [-0.2, 0) is 9.53 Å². The van der Waals surface area contributed by atoms with Crippen LogP contribution >= 0.6 is 11.6 Å². The highest BCUT2D eigenvalue weighted by Gasteiger charge is 2.22. The summed E-state index contributed by atoms with van der Waals surface area (Å²) in [4.78, 5) is 23.7. The molecule has 20 heavy (non-hydrogen) atoms. The van der Waals surface area contributed by atoms with Gasteiger partial charge in [-0.15, -0.1) is 0 Å². The van der Waals surface area contributed by atoms with E-state index >= 15 is 0 Å². The smallest absolute Gasteiger partial charge is 0.342 e. The lowest BCUT2D eigenvalue weighted by Crippen LogP contribution is -2.37. The fraction of sp³-hybridized carbons (Fsp3) is 0.429. The van der Waals surface area contributed by atoms with Crippen LogP contribution in [-0.4, -0.2) is 24.5 Å². The Hall–Kier alpha value is -1.75. The Balaban J connectivity index is 2.68. The van der Waals surface area contributed by atoms with E-state index in [2.05, 4.69) is 5.32 Å². The van der Waals surface area contributed by atoms with E-state index in [1.54, 1.807) is 12.1 Å². The molecule has 0 aliphatic carbocycles. The lowest BCUT2D eigenvalue weighted by molar-refractivity contribution is -0.129. The second-order valence-corrected chi connectivity index (χ2v) is 5.30. The number of nitrogens with two attached hydrogens (primary N) is 1. The van der Waals surface area contributed by atoms with Crippen LogP contribution in [0.4, 0.5) is 5.69 Å². The average Bonchev–Trinajstić information content (AvgIpc) is 2.35. The van der Waals surface area contributed by atoms with Crippen molar-refractivity contribution >= 4 is 29.2 Å². The first-order valence-electron chi connectivity index (χ1n) is 6.35. The van der Waals surface area contributed by atoms with Crippen LogP contribution in [0.3, 0.4) is 0 Å². The molecule has 1 aromatic rings. The predicted molar refractivity (Wildman–Crippen MR) is 78.6 cm³/mol. The second kappa shape index (κ2) is 7.14. The molecule has 0 saturated carbocycles. The molecule has 1 amide bonds. The zero-order valence-electron chi connectivity index (χ0n) is 11.8. The largest absolute Gasteiger partial charge is 0.449 e.